The second-order valence-corrected chi connectivity index (χ2v) is 7.13. The van der Waals surface area contributed by atoms with Crippen molar-refractivity contribution in [3.63, 3.8) is 0 Å². The standard InChI is InChI=1S/C14H24N2O3S/c1-2-11-10-16(8-9-20-11)13(19)15-14(12(17)18)6-4-3-5-7-14/h11H,2-10H2,1H3,(H,15,19)(H,17,18). The Hall–Kier alpha value is -0.910. The average Bonchev–Trinajstić information content (AvgIpc) is 2.48. The van der Waals surface area contributed by atoms with Gasteiger partial charge in [-0.25, -0.2) is 9.59 Å². The summed E-state index contributed by atoms with van der Waals surface area (Å²) in [4.78, 5) is 25.7. The number of rotatable bonds is 3. The molecule has 1 saturated carbocycles. The van der Waals surface area contributed by atoms with Crippen molar-refractivity contribution in [1.29, 1.82) is 0 Å². The van der Waals surface area contributed by atoms with Gasteiger partial charge >= 0.3 is 12.0 Å². The topological polar surface area (TPSA) is 69.6 Å². The smallest absolute Gasteiger partial charge is 0.329 e. The summed E-state index contributed by atoms with van der Waals surface area (Å²) in [6.45, 7) is 3.56. The largest absolute Gasteiger partial charge is 0.480 e. The highest BCUT2D eigenvalue weighted by molar-refractivity contribution is 8.00. The van der Waals surface area contributed by atoms with E-state index in [1.807, 2.05) is 11.8 Å². The van der Waals surface area contributed by atoms with Crippen LogP contribution < -0.4 is 5.32 Å². The number of nitrogens with zero attached hydrogens (tertiary/aromatic N) is 1. The molecular weight excluding hydrogens is 276 g/mol. The molecule has 2 rings (SSSR count). The third-order valence-corrected chi connectivity index (χ3v) is 5.72. The predicted octanol–water partition coefficient (Wildman–Crippen LogP) is 2.31. The molecule has 2 amide bonds. The summed E-state index contributed by atoms with van der Waals surface area (Å²) in [7, 11) is 0. The van der Waals surface area contributed by atoms with Gasteiger partial charge in [-0.3, -0.25) is 0 Å². The zero-order valence-corrected chi connectivity index (χ0v) is 12.9. The monoisotopic (exact) mass is 300 g/mol. The maximum absolute atomic E-state index is 12.4. The molecule has 1 unspecified atom stereocenters. The Labute approximate surface area is 124 Å². The van der Waals surface area contributed by atoms with E-state index >= 15 is 0 Å². The molecule has 5 nitrogen and oxygen atoms in total. The fourth-order valence-corrected chi connectivity index (χ4v) is 4.16. The Bertz CT molecular complexity index is 369. The molecule has 0 aromatic rings. The number of hydrogen-bond acceptors (Lipinski definition) is 3. The molecule has 1 heterocycles. The predicted molar refractivity (Wildman–Crippen MR) is 80.1 cm³/mol. The molecule has 20 heavy (non-hydrogen) atoms. The molecule has 0 bridgehead atoms. The van der Waals surface area contributed by atoms with Gasteiger partial charge in [-0.15, -0.1) is 0 Å². The lowest BCUT2D eigenvalue weighted by molar-refractivity contribution is -0.146. The lowest BCUT2D eigenvalue weighted by atomic mass is 9.82. The van der Waals surface area contributed by atoms with Crippen molar-refractivity contribution in [3.05, 3.63) is 0 Å². The first-order valence-corrected chi connectivity index (χ1v) is 8.54. The molecule has 2 aliphatic rings. The summed E-state index contributed by atoms with van der Waals surface area (Å²) in [6.07, 6.45) is 4.95. The third kappa shape index (κ3) is 3.40. The van der Waals surface area contributed by atoms with E-state index in [4.69, 9.17) is 0 Å². The number of carboxylic acid groups (broad SMARTS) is 1. The van der Waals surface area contributed by atoms with Gasteiger partial charge in [0, 0.05) is 24.1 Å². The number of carboxylic acids is 1. The van der Waals surface area contributed by atoms with Crippen molar-refractivity contribution < 1.29 is 14.7 Å². The van der Waals surface area contributed by atoms with Crippen molar-refractivity contribution in [2.75, 3.05) is 18.8 Å². The molecule has 1 saturated heterocycles. The second-order valence-electron chi connectivity index (χ2n) is 5.73. The van der Waals surface area contributed by atoms with Crippen molar-refractivity contribution >= 4 is 23.8 Å². The summed E-state index contributed by atoms with van der Waals surface area (Å²) < 4.78 is 0. The maximum atomic E-state index is 12.4. The van der Waals surface area contributed by atoms with Crippen LogP contribution in [0.1, 0.15) is 45.4 Å². The molecule has 0 aromatic heterocycles. The molecule has 6 heteroatoms. The Morgan fingerprint density at radius 3 is 2.65 bits per heavy atom. The SMILES string of the molecule is CCC1CN(C(=O)NC2(C(=O)O)CCCCC2)CCS1. The van der Waals surface area contributed by atoms with Crippen LogP contribution >= 0.6 is 11.8 Å². The van der Waals surface area contributed by atoms with Gasteiger partial charge < -0.3 is 15.3 Å². The highest BCUT2D eigenvalue weighted by Gasteiger charge is 2.42. The molecule has 1 aliphatic heterocycles. The number of carbonyl (C=O) groups is 2. The van der Waals surface area contributed by atoms with Gasteiger partial charge in [0.2, 0.25) is 0 Å². The molecule has 0 spiro atoms. The molecule has 1 aliphatic carbocycles. The number of urea groups is 1. The Balaban J connectivity index is 1.99. The van der Waals surface area contributed by atoms with Crippen molar-refractivity contribution in [3.8, 4) is 0 Å². The minimum absolute atomic E-state index is 0.201. The molecule has 2 N–H and O–H groups in total. The summed E-state index contributed by atoms with van der Waals surface area (Å²) in [5.74, 6) is 0.0513. The van der Waals surface area contributed by atoms with Gasteiger partial charge in [-0.2, -0.15) is 11.8 Å². The van der Waals surface area contributed by atoms with Crippen LogP contribution in [0, 0.1) is 0 Å². The molecule has 2 fully saturated rings. The summed E-state index contributed by atoms with van der Waals surface area (Å²) in [6, 6.07) is -0.201. The highest BCUT2D eigenvalue weighted by Crippen LogP contribution is 2.29. The van der Waals surface area contributed by atoms with E-state index in [9.17, 15) is 14.7 Å². The van der Waals surface area contributed by atoms with Crippen LogP contribution in [-0.4, -0.2) is 51.6 Å². The first-order valence-electron chi connectivity index (χ1n) is 7.49. The van der Waals surface area contributed by atoms with E-state index in [1.54, 1.807) is 4.90 Å². The van der Waals surface area contributed by atoms with Crippen LogP contribution in [-0.2, 0) is 4.79 Å². The van der Waals surface area contributed by atoms with E-state index in [1.165, 1.54) is 0 Å². The lowest BCUT2D eigenvalue weighted by Gasteiger charge is -2.38. The van der Waals surface area contributed by atoms with Gasteiger partial charge in [0.25, 0.3) is 0 Å². The van der Waals surface area contributed by atoms with Crippen LogP contribution in [0.5, 0.6) is 0 Å². The van der Waals surface area contributed by atoms with Crippen molar-refractivity contribution in [1.82, 2.24) is 10.2 Å². The minimum atomic E-state index is -1.04. The van der Waals surface area contributed by atoms with E-state index in [0.29, 0.717) is 24.6 Å². The van der Waals surface area contributed by atoms with Crippen LogP contribution in [0.3, 0.4) is 0 Å². The summed E-state index contributed by atoms with van der Waals surface area (Å²) in [5, 5.41) is 12.8. The van der Waals surface area contributed by atoms with Crippen molar-refractivity contribution in [2.45, 2.75) is 56.2 Å². The Kier molecular flexibility index (Phi) is 5.18. The maximum Gasteiger partial charge on any atom is 0.329 e. The fraction of sp³-hybridized carbons (Fsp3) is 0.857. The van der Waals surface area contributed by atoms with Crippen molar-refractivity contribution in [2.24, 2.45) is 0 Å². The molecule has 0 aromatic carbocycles. The summed E-state index contributed by atoms with van der Waals surface area (Å²) in [5.41, 5.74) is -1.04. The average molecular weight is 300 g/mol. The number of carbonyl (C=O) groups excluding carboxylic acids is 1. The van der Waals surface area contributed by atoms with Crippen LogP contribution in [0.2, 0.25) is 0 Å². The van der Waals surface area contributed by atoms with E-state index in [2.05, 4.69) is 12.2 Å². The van der Waals surface area contributed by atoms with Crippen LogP contribution in [0.4, 0.5) is 4.79 Å². The third-order valence-electron chi connectivity index (χ3n) is 4.34. The zero-order chi connectivity index (χ0) is 14.6. The Morgan fingerprint density at radius 1 is 1.35 bits per heavy atom. The van der Waals surface area contributed by atoms with E-state index in [0.717, 1.165) is 38.0 Å². The van der Waals surface area contributed by atoms with Gasteiger partial charge in [-0.05, 0) is 19.3 Å². The molecule has 0 radical (unpaired) electrons. The van der Waals surface area contributed by atoms with Crippen LogP contribution in [0.25, 0.3) is 0 Å². The number of aliphatic carboxylic acids is 1. The lowest BCUT2D eigenvalue weighted by Crippen LogP contribution is -2.60. The van der Waals surface area contributed by atoms with Crippen LogP contribution in [0.15, 0.2) is 0 Å². The van der Waals surface area contributed by atoms with Gasteiger partial charge in [0.15, 0.2) is 0 Å². The number of amides is 2. The molecule has 114 valence electrons. The highest BCUT2D eigenvalue weighted by atomic mass is 32.2. The summed E-state index contributed by atoms with van der Waals surface area (Å²) >= 11 is 1.90. The first-order chi connectivity index (χ1) is 9.57. The second kappa shape index (κ2) is 6.70. The first kappa shape index (κ1) is 15.5. The molecular formula is C14H24N2O3S. The van der Waals surface area contributed by atoms with E-state index in [-0.39, 0.29) is 6.03 Å². The number of thioether (sulfide) groups is 1. The zero-order valence-electron chi connectivity index (χ0n) is 12.1. The van der Waals surface area contributed by atoms with Gasteiger partial charge in [0.05, 0.1) is 0 Å². The minimum Gasteiger partial charge on any atom is -0.480 e. The Morgan fingerprint density at radius 2 is 2.05 bits per heavy atom. The normalized spacial score (nSPS) is 26.1. The number of nitrogens with one attached hydrogen (secondary N) is 1. The fourth-order valence-electron chi connectivity index (χ4n) is 2.98. The number of hydrogen-bond donors (Lipinski definition) is 2. The molecule has 1 atom stereocenters. The van der Waals surface area contributed by atoms with E-state index < -0.39 is 11.5 Å². The quantitative estimate of drug-likeness (QED) is 0.839. The van der Waals surface area contributed by atoms with Gasteiger partial charge in [0.1, 0.15) is 5.54 Å². The van der Waals surface area contributed by atoms with Gasteiger partial charge in [-0.1, -0.05) is 26.2 Å².